The van der Waals surface area contributed by atoms with Gasteiger partial charge < -0.3 is 16.4 Å². The van der Waals surface area contributed by atoms with Crippen LogP contribution in [0.5, 0.6) is 0 Å². The molecule has 6 heteroatoms. The van der Waals surface area contributed by atoms with Crippen molar-refractivity contribution in [1.82, 2.24) is 0 Å². The molecule has 1 heterocycles. The molecule has 0 aromatic heterocycles. The lowest BCUT2D eigenvalue weighted by molar-refractivity contribution is -0.179. The van der Waals surface area contributed by atoms with E-state index in [1.54, 1.807) is 12.1 Å². The summed E-state index contributed by atoms with van der Waals surface area (Å²) in [6, 6.07) is 3.51. The molecule has 106 valence electrons. The SMILES string of the molecule is Cc1cc(N)c(N)cc1N1CCC(C(F)(F)F)CC1. The van der Waals surface area contributed by atoms with Crippen molar-refractivity contribution in [2.75, 3.05) is 29.5 Å². The summed E-state index contributed by atoms with van der Waals surface area (Å²) in [6.07, 6.45) is -3.82. The molecule has 2 rings (SSSR count). The Bertz CT molecular complexity index is 463. The first-order valence-electron chi connectivity index (χ1n) is 6.26. The average molecular weight is 273 g/mol. The summed E-state index contributed by atoms with van der Waals surface area (Å²) in [5, 5.41) is 0. The van der Waals surface area contributed by atoms with Gasteiger partial charge in [-0.05, 0) is 37.5 Å². The van der Waals surface area contributed by atoms with E-state index in [9.17, 15) is 13.2 Å². The molecule has 1 saturated heterocycles. The third-order valence-corrected chi connectivity index (χ3v) is 3.70. The van der Waals surface area contributed by atoms with Crippen LogP contribution in [0.15, 0.2) is 12.1 Å². The van der Waals surface area contributed by atoms with Crippen molar-refractivity contribution < 1.29 is 13.2 Å². The lowest BCUT2D eigenvalue weighted by Crippen LogP contribution is -2.39. The van der Waals surface area contributed by atoms with Crippen molar-refractivity contribution in [2.24, 2.45) is 5.92 Å². The lowest BCUT2D eigenvalue weighted by atomic mass is 9.95. The van der Waals surface area contributed by atoms with Crippen LogP contribution in [0.3, 0.4) is 0 Å². The van der Waals surface area contributed by atoms with E-state index in [4.69, 9.17) is 11.5 Å². The Kier molecular flexibility index (Phi) is 3.52. The molecule has 0 radical (unpaired) electrons. The summed E-state index contributed by atoms with van der Waals surface area (Å²) in [7, 11) is 0. The predicted molar refractivity (Wildman–Crippen MR) is 71.0 cm³/mol. The van der Waals surface area contributed by atoms with Crippen LogP contribution in [0.4, 0.5) is 30.2 Å². The molecule has 0 atom stereocenters. The quantitative estimate of drug-likeness (QED) is 0.773. The second-order valence-electron chi connectivity index (χ2n) is 5.07. The highest BCUT2D eigenvalue weighted by molar-refractivity contribution is 5.73. The predicted octanol–water partition coefficient (Wildman–Crippen LogP) is 2.94. The molecule has 1 aromatic carbocycles. The number of benzene rings is 1. The number of nitrogen functional groups attached to an aromatic ring is 2. The number of anilines is 3. The summed E-state index contributed by atoms with van der Waals surface area (Å²) in [5.74, 6) is -1.19. The zero-order valence-electron chi connectivity index (χ0n) is 10.8. The Morgan fingerprint density at radius 3 is 2.16 bits per heavy atom. The first-order valence-corrected chi connectivity index (χ1v) is 6.26. The minimum absolute atomic E-state index is 0.132. The standard InChI is InChI=1S/C13H18F3N3/c1-8-6-10(17)11(18)7-12(8)19-4-2-9(3-5-19)13(14,15)16/h6-7,9H,2-5,17-18H2,1H3. The van der Waals surface area contributed by atoms with Gasteiger partial charge >= 0.3 is 6.18 Å². The van der Waals surface area contributed by atoms with E-state index >= 15 is 0 Å². The summed E-state index contributed by atoms with van der Waals surface area (Å²) in [5.41, 5.74) is 14.3. The fourth-order valence-electron chi connectivity index (χ4n) is 2.52. The van der Waals surface area contributed by atoms with Crippen LogP contribution in [0, 0.1) is 12.8 Å². The molecule has 3 nitrogen and oxygen atoms in total. The van der Waals surface area contributed by atoms with Crippen LogP contribution in [0.1, 0.15) is 18.4 Å². The lowest BCUT2D eigenvalue weighted by Gasteiger charge is -2.35. The van der Waals surface area contributed by atoms with E-state index in [2.05, 4.69) is 0 Å². The number of alkyl halides is 3. The molecule has 1 fully saturated rings. The van der Waals surface area contributed by atoms with Crippen molar-refractivity contribution in [3.8, 4) is 0 Å². The van der Waals surface area contributed by atoms with Gasteiger partial charge in [0.05, 0.1) is 17.3 Å². The van der Waals surface area contributed by atoms with Crippen molar-refractivity contribution >= 4 is 17.1 Å². The molecule has 1 aliphatic rings. The maximum Gasteiger partial charge on any atom is 0.391 e. The van der Waals surface area contributed by atoms with Gasteiger partial charge in [0.15, 0.2) is 0 Å². The smallest absolute Gasteiger partial charge is 0.391 e. The summed E-state index contributed by atoms with van der Waals surface area (Å²) in [4.78, 5) is 1.95. The van der Waals surface area contributed by atoms with Gasteiger partial charge in [0, 0.05) is 18.8 Å². The van der Waals surface area contributed by atoms with Crippen molar-refractivity contribution in [3.63, 3.8) is 0 Å². The Balaban J connectivity index is 2.12. The third-order valence-electron chi connectivity index (χ3n) is 3.70. The van der Waals surface area contributed by atoms with Crippen molar-refractivity contribution in [3.05, 3.63) is 17.7 Å². The second-order valence-corrected chi connectivity index (χ2v) is 5.07. The maximum atomic E-state index is 12.6. The molecule has 0 spiro atoms. The highest BCUT2D eigenvalue weighted by atomic mass is 19.4. The molecule has 0 bridgehead atoms. The van der Waals surface area contributed by atoms with Gasteiger partial charge in [0.25, 0.3) is 0 Å². The number of aryl methyl sites for hydroxylation is 1. The normalized spacial score (nSPS) is 17.8. The monoisotopic (exact) mass is 273 g/mol. The topological polar surface area (TPSA) is 55.3 Å². The molecule has 0 amide bonds. The van der Waals surface area contributed by atoms with Crippen LogP contribution < -0.4 is 16.4 Å². The van der Waals surface area contributed by atoms with E-state index in [1.807, 2.05) is 11.8 Å². The molecule has 0 unspecified atom stereocenters. The molecule has 1 aliphatic heterocycles. The van der Waals surface area contributed by atoms with Crippen LogP contribution in [0.2, 0.25) is 0 Å². The van der Waals surface area contributed by atoms with E-state index < -0.39 is 12.1 Å². The molecule has 0 aliphatic carbocycles. The van der Waals surface area contributed by atoms with Crippen LogP contribution in [-0.4, -0.2) is 19.3 Å². The summed E-state index contributed by atoms with van der Waals surface area (Å²) >= 11 is 0. The van der Waals surface area contributed by atoms with Crippen molar-refractivity contribution in [1.29, 1.82) is 0 Å². The minimum Gasteiger partial charge on any atom is -0.397 e. The number of halogens is 3. The van der Waals surface area contributed by atoms with Gasteiger partial charge in [-0.3, -0.25) is 0 Å². The number of piperidine rings is 1. The van der Waals surface area contributed by atoms with Crippen LogP contribution >= 0.6 is 0 Å². The Morgan fingerprint density at radius 1 is 1.11 bits per heavy atom. The second kappa shape index (κ2) is 4.83. The number of nitrogens with zero attached hydrogens (tertiary/aromatic N) is 1. The molecule has 19 heavy (non-hydrogen) atoms. The van der Waals surface area contributed by atoms with Crippen LogP contribution in [0.25, 0.3) is 0 Å². The zero-order chi connectivity index (χ0) is 14.2. The molecule has 1 aromatic rings. The van der Waals surface area contributed by atoms with Gasteiger partial charge in [0.1, 0.15) is 0 Å². The summed E-state index contributed by atoms with van der Waals surface area (Å²) in [6.45, 7) is 2.68. The van der Waals surface area contributed by atoms with Crippen LogP contribution in [-0.2, 0) is 0 Å². The van der Waals surface area contributed by atoms with Gasteiger partial charge in [-0.25, -0.2) is 0 Å². The van der Waals surface area contributed by atoms with E-state index in [1.165, 1.54) is 0 Å². The first kappa shape index (κ1) is 13.8. The molecule has 0 saturated carbocycles. The number of hydrogen-bond acceptors (Lipinski definition) is 3. The Morgan fingerprint density at radius 2 is 1.63 bits per heavy atom. The Labute approximate surface area is 110 Å². The highest BCUT2D eigenvalue weighted by Crippen LogP contribution is 2.37. The number of rotatable bonds is 1. The average Bonchev–Trinajstić information content (AvgIpc) is 2.33. The zero-order valence-corrected chi connectivity index (χ0v) is 10.8. The molecular weight excluding hydrogens is 255 g/mol. The van der Waals surface area contributed by atoms with Gasteiger partial charge in [-0.2, -0.15) is 13.2 Å². The largest absolute Gasteiger partial charge is 0.397 e. The maximum absolute atomic E-state index is 12.6. The molecule has 4 N–H and O–H groups in total. The van der Waals surface area contributed by atoms with E-state index in [-0.39, 0.29) is 12.8 Å². The fourth-order valence-corrected chi connectivity index (χ4v) is 2.52. The Hall–Kier alpha value is -1.59. The molecular formula is C13H18F3N3. The van der Waals surface area contributed by atoms with E-state index in [0.29, 0.717) is 24.5 Å². The fraction of sp³-hybridized carbons (Fsp3) is 0.538. The minimum atomic E-state index is -4.08. The summed E-state index contributed by atoms with van der Waals surface area (Å²) < 4.78 is 37.8. The van der Waals surface area contributed by atoms with E-state index in [0.717, 1.165) is 11.3 Å². The number of nitrogens with two attached hydrogens (primary N) is 2. The van der Waals surface area contributed by atoms with Gasteiger partial charge in [-0.15, -0.1) is 0 Å². The van der Waals surface area contributed by atoms with Gasteiger partial charge in [0.2, 0.25) is 0 Å². The van der Waals surface area contributed by atoms with Gasteiger partial charge in [-0.1, -0.05) is 0 Å². The highest BCUT2D eigenvalue weighted by Gasteiger charge is 2.41. The van der Waals surface area contributed by atoms with Crippen molar-refractivity contribution in [2.45, 2.75) is 25.9 Å². The first-order chi connectivity index (χ1) is 8.79. The number of hydrogen-bond donors (Lipinski definition) is 2. The third kappa shape index (κ3) is 2.88.